The lowest BCUT2D eigenvalue weighted by Gasteiger charge is -2.34. The number of hydrogen-bond donors (Lipinski definition) is 2. The van der Waals surface area contributed by atoms with E-state index in [9.17, 15) is 14.4 Å². The van der Waals surface area contributed by atoms with Gasteiger partial charge in [0.1, 0.15) is 6.10 Å². The first-order valence-electron chi connectivity index (χ1n) is 10.8. The van der Waals surface area contributed by atoms with E-state index < -0.39 is 29.5 Å². The third-order valence-corrected chi connectivity index (χ3v) is 6.90. The number of ether oxygens (including phenoxy) is 3. The van der Waals surface area contributed by atoms with Crippen molar-refractivity contribution < 1.29 is 23.8 Å². The van der Waals surface area contributed by atoms with Gasteiger partial charge in [-0.3, -0.25) is 4.79 Å². The summed E-state index contributed by atoms with van der Waals surface area (Å²) in [6.07, 6.45) is 0.769. The van der Waals surface area contributed by atoms with Crippen LogP contribution in [-0.2, 0) is 23.8 Å². The van der Waals surface area contributed by atoms with Crippen LogP contribution in [0.2, 0.25) is 10.0 Å². The molecule has 36 heavy (non-hydrogen) atoms. The second-order valence-electron chi connectivity index (χ2n) is 7.57. The number of carbonyl (C=O) groups excluding carboxylic acids is 2. The van der Waals surface area contributed by atoms with Gasteiger partial charge in [0.25, 0.3) is 5.56 Å². The van der Waals surface area contributed by atoms with Crippen molar-refractivity contribution in [2.24, 2.45) is 0 Å². The summed E-state index contributed by atoms with van der Waals surface area (Å²) in [6, 6.07) is 6.20. The molecule has 2 atom stereocenters. The number of carbonyl (C=O) groups is 2. The Morgan fingerprint density at radius 3 is 2.53 bits per heavy atom. The molecule has 0 saturated heterocycles. The van der Waals surface area contributed by atoms with E-state index in [0.29, 0.717) is 16.4 Å². The standard InChI is InChI=1S/C24H25Cl2N3O6S/c1-6-35-23(32)18-17(12-8-7-9-13(25)19(12)26)16(22(31)34-4)11(2)27-20(18)21(33-3)14-10-15(30)29-24(28-14)36-5/h7-10,17,21,27H,6H2,1-5H3,(H,28,29,30). The molecule has 0 fully saturated rings. The number of aromatic nitrogens is 2. The molecule has 2 N–H and O–H groups in total. The predicted molar refractivity (Wildman–Crippen MR) is 137 cm³/mol. The molecule has 1 aromatic carbocycles. The van der Waals surface area contributed by atoms with Crippen LogP contribution >= 0.6 is 35.0 Å². The van der Waals surface area contributed by atoms with Crippen LogP contribution < -0.4 is 10.9 Å². The van der Waals surface area contributed by atoms with E-state index in [1.165, 1.54) is 32.0 Å². The monoisotopic (exact) mass is 553 g/mol. The van der Waals surface area contributed by atoms with Crippen molar-refractivity contribution in [3.8, 4) is 0 Å². The molecule has 1 aliphatic heterocycles. The number of H-pyrrole nitrogens is 1. The van der Waals surface area contributed by atoms with Gasteiger partial charge in [0.05, 0.1) is 52.2 Å². The fourth-order valence-corrected chi connectivity index (χ4v) is 4.82. The highest BCUT2D eigenvalue weighted by molar-refractivity contribution is 7.98. The first kappa shape index (κ1) is 27.8. The highest BCUT2D eigenvalue weighted by Crippen LogP contribution is 2.45. The van der Waals surface area contributed by atoms with Gasteiger partial charge in [0.2, 0.25) is 0 Å². The molecule has 2 aromatic rings. The minimum absolute atomic E-state index is 0.0478. The Balaban J connectivity index is 2.39. The highest BCUT2D eigenvalue weighted by Gasteiger charge is 2.42. The Morgan fingerprint density at radius 2 is 1.92 bits per heavy atom. The van der Waals surface area contributed by atoms with Gasteiger partial charge < -0.3 is 24.5 Å². The first-order valence-corrected chi connectivity index (χ1v) is 12.8. The molecular weight excluding hydrogens is 529 g/mol. The normalized spacial score (nSPS) is 16.5. The van der Waals surface area contributed by atoms with E-state index in [-0.39, 0.29) is 39.2 Å². The number of benzene rings is 1. The Bertz CT molecular complexity index is 1310. The number of nitrogens with zero attached hydrogens (tertiary/aromatic N) is 1. The SMILES string of the molecule is CCOC(=O)C1=C(C(OC)c2cc(=O)[nH]c(SC)n2)NC(C)=C(C(=O)OC)C1c1cccc(Cl)c1Cl. The molecule has 0 saturated carbocycles. The maximum Gasteiger partial charge on any atom is 0.336 e. The molecule has 0 amide bonds. The number of thioether (sulfide) groups is 1. The molecule has 0 aliphatic carbocycles. The van der Waals surface area contributed by atoms with Gasteiger partial charge >= 0.3 is 11.9 Å². The van der Waals surface area contributed by atoms with Gasteiger partial charge in [-0.15, -0.1) is 0 Å². The summed E-state index contributed by atoms with van der Waals surface area (Å²) in [5, 5.41) is 3.88. The smallest absolute Gasteiger partial charge is 0.336 e. The quantitative estimate of drug-likeness (QED) is 0.282. The number of dihydropyridines is 1. The van der Waals surface area contributed by atoms with Crippen LogP contribution in [-0.4, -0.2) is 49.0 Å². The molecule has 192 valence electrons. The number of esters is 2. The maximum absolute atomic E-state index is 13.5. The second-order valence-corrected chi connectivity index (χ2v) is 9.15. The van der Waals surface area contributed by atoms with Gasteiger partial charge in [-0.1, -0.05) is 47.1 Å². The highest BCUT2D eigenvalue weighted by atomic mass is 35.5. The number of hydrogen-bond acceptors (Lipinski definition) is 9. The molecule has 9 nitrogen and oxygen atoms in total. The Hall–Kier alpha value is -2.79. The maximum atomic E-state index is 13.5. The van der Waals surface area contributed by atoms with Crippen molar-refractivity contribution in [1.82, 2.24) is 15.3 Å². The number of halogens is 2. The number of methoxy groups -OCH3 is 2. The lowest BCUT2D eigenvalue weighted by Crippen LogP contribution is -2.36. The summed E-state index contributed by atoms with van der Waals surface area (Å²) >= 11 is 14.1. The van der Waals surface area contributed by atoms with Crippen molar-refractivity contribution in [3.63, 3.8) is 0 Å². The van der Waals surface area contributed by atoms with Crippen molar-refractivity contribution in [2.45, 2.75) is 31.0 Å². The van der Waals surface area contributed by atoms with Gasteiger partial charge in [-0.25, -0.2) is 14.6 Å². The van der Waals surface area contributed by atoms with Gasteiger partial charge in [0, 0.05) is 18.9 Å². The zero-order valence-corrected chi connectivity index (χ0v) is 22.6. The number of aromatic amines is 1. The fourth-order valence-electron chi connectivity index (χ4n) is 4.00. The topological polar surface area (TPSA) is 120 Å². The van der Waals surface area contributed by atoms with Crippen molar-refractivity contribution >= 4 is 46.9 Å². The van der Waals surface area contributed by atoms with E-state index in [1.54, 1.807) is 38.3 Å². The van der Waals surface area contributed by atoms with E-state index in [2.05, 4.69) is 15.3 Å². The number of allylic oxidation sites excluding steroid dienone is 1. The summed E-state index contributed by atoms with van der Waals surface area (Å²) in [4.78, 5) is 45.8. The summed E-state index contributed by atoms with van der Waals surface area (Å²) in [6.45, 7) is 3.39. The molecule has 0 radical (unpaired) electrons. The molecule has 0 bridgehead atoms. The third kappa shape index (κ3) is 5.46. The van der Waals surface area contributed by atoms with Gasteiger partial charge in [0.15, 0.2) is 5.16 Å². The van der Waals surface area contributed by atoms with E-state index >= 15 is 0 Å². The molecule has 3 rings (SSSR count). The molecule has 2 unspecified atom stereocenters. The van der Waals surface area contributed by atoms with Crippen LogP contribution in [0.15, 0.2) is 56.8 Å². The van der Waals surface area contributed by atoms with E-state index in [1.807, 2.05) is 0 Å². The summed E-state index contributed by atoms with van der Waals surface area (Å²) < 4.78 is 16.2. The molecule has 1 aliphatic rings. The average molecular weight is 554 g/mol. The fraction of sp³-hybridized carbons (Fsp3) is 0.333. The zero-order valence-electron chi connectivity index (χ0n) is 20.2. The molecule has 0 spiro atoms. The van der Waals surface area contributed by atoms with Crippen LogP contribution in [0.25, 0.3) is 0 Å². The number of nitrogens with one attached hydrogen (secondary N) is 2. The molecule has 12 heteroatoms. The predicted octanol–water partition coefficient (Wildman–Crippen LogP) is 4.14. The van der Waals surface area contributed by atoms with E-state index in [0.717, 1.165) is 0 Å². The van der Waals surface area contributed by atoms with Crippen LogP contribution in [0, 0.1) is 0 Å². The third-order valence-electron chi connectivity index (χ3n) is 5.49. The van der Waals surface area contributed by atoms with Crippen molar-refractivity contribution in [1.29, 1.82) is 0 Å². The first-order chi connectivity index (χ1) is 17.2. The molecule has 2 heterocycles. The summed E-state index contributed by atoms with van der Waals surface area (Å²) in [7, 11) is 2.66. The second kappa shape index (κ2) is 12.0. The summed E-state index contributed by atoms with van der Waals surface area (Å²) in [5.74, 6) is -2.40. The lowest BCUT2D eigenvalue weighted by molar-refractivity contribution is -0.139. The summed E-state index contributed by atoms with van der Waals surface area (Å²) in [5.41, 5.74) is 1.08. The van der Waals surface area contributed by atoms with Crippen molar-refractivity contribution in [2.75, 3.05) is 27.1 Å². The Morgan fingerprint density at radius 1 is 1.19 bits per heavy atom. The Labute approximate surface area is 222 Å². The van der Waals surface area contributed by atoms with Crippen molar-refractivity contribution in [3.05, 3.63) is 78.5 Å². The minimum Gasteiger partial charge on any atom is -0.466 e. The van der Waals surface area contributed by atoms with Gasteiger partial charge in [-0.05, 0) is 31.7 Å². The Kier molecular flexibility index (Phi) is 9.24. The van der Waals surface area contributed by atoms with Crippen LogP contribution in [0.5, 0.6) is 0 Å². The van der Waals surface area contributed by atoms with Crippen LogP contribution in [0.3, 0.4) is 0 Å². The van der Waals surface area contributed by atoms with Gasteiger partial charge in [-0.2, -0.15) is 0 Å². The average Bonchev–Trinajstić information content (AvgIpc) is 2.85. The largest absolute Gasteiger partial charge is 0.466 e. The zero-order chi connectivity index (χ0) is 26.6. The number of rotatable bonds is 8. The minimum atomic E-state index is -1.02. The van der Waals surface area contributed by atoms with E-state index in [4.69, 9.17) is 37.4 Å². The molecule has 1 aromatic heterocycles. The van der Waals surface area contributed by atoms with Crippen LogP contribution in [0.4, 0.5) is 0 Å². The lowest BCUT2D eigenvalue weighted by atomic mass is 9.79. The molecular formula is C24H25Cl2N3O6S. The van der Waals surface area contributed by atoms with Crippen LogP contribution in [0.1, 0.15) is 37.1 Å².